The van der Waals surface area contributed by atoms with E-state index in [1.165, 1.54) is 19.1 Å². The van der Waals surface area contributed by atoms with E-state index in [1.54, 1.807) is 6.92 Å². The lowest BCUT2D eigenvalue weighted by Gasteiger charge is -2.14. The van der Waals surface area contributed by atoms with Crippen LogP contribution in [0.3, 0.4) is 0 Å². The van der Waals surface area contributed by atoms with Crippen LogP contribution in [-0.4, -0.2) is 5.11 Å². The maximum Gasteiger partial charge on any atom is 0.162 e. The molecule has 0 aliphatic carbocycles. The number of aryl methyl sites for hydroxylation is 1. The molecule has 2 aromatic carbocycles. The number of rotatable bonds is 3. The molecule has 0 saturated heterocycles. The maximum atomic E-state index is 13.5. The molecule has 0 aliphatic rings. The van der Waals surface area contributed by atoms with Gasteiger partial charge in [-0.05, 0) is 43.7 Å². The van der Waals surface area contributed by atoms with Gasteiger partial charge in [0.1, 0.15) is 17.3 Å². The molecule has 0 radical (unpaired) electrons. The molecule has 0 heterocycles. The van der Waals surface area contributed by atoms with Crippen LogP contribution in [0.4, 0.5) is 13.2 Å². The molecule has 2 nitrogen and oxygen atoms in total. The van der Waals surface area contributed by atoms with Gasteiger partial charge in [-0.25, -0.2) is 13.2 Å². The Labute approximate surface area is 114 Å². The van der Waals surface area contributed by atoms with Crippen molar-refractivity contribution < 1.29 is 23.0 Å². The van der Waals surface area contributed by atoms with E-state index in [0.717, 1.165) is 18.2 Å². The highest BCUT2D eigenvalue weighted by Gasteiger charge is 2.14. The van der Waals surface area contributed by atoms with Crippen LogP contribution in [0.2, 0.25) is 0 Å². The number of halogens is 3. The molecule has 2 aromatic rings. The van der Waals surface area contributed by atoms with Crippen LogP contribution in [0.25, 0.3) is 0 Å². The Balaban J connectivity index is 2.41. The van der Waals surface area contributed by atoms with Crippen molar-refractivity contribution in [1.82, 2.24) is 0 Å². The SMILES string of the molecule is Cc1cc(Oc2ccc(F)c(F)c2)c([C@@H](C)O)cc1F. The van der Waals surface area contributed by atoms with E-state index in [0.29, 0.717) is 5.56 Å². The molecule has 0 amide bonds. The van der Waals surface area contributed by atoms with Crippen molar-refractivity contribution in [3.8, 4) is 11.5 Å². The first-order chi connectivity index (χ1) is 9.38. The summed E-state index contributed by atoms with van der Waals surface area (Å²) in [6.07, 6.45) is -0.953. The zero-order chi connectivity index (χ0) is 14.9. The summed E-state index contributed by atoms with van der Waals surface area (Å²) in [6.45, 7) is 3.00. The Bertz CT molecular complexity index is 639. The molecule has 0 fully saturated rings. The third kappa shape index (κ3) is 2.93. The van der Waals surface area contributed by atoms with Crippen LogP contribution in [0.15, 0.2) is 30.3 Å². The Kier molecular flexibility index (Phi) is 3.99. The summed E-state index contributed by atoms with van der Waals surface area (Å²) in [6, 6.07) is 5.64. The second kappa shape index (κ2) is 5.54. The highest BCUT2D eigenvalue weighted by Crippen LogP contribution is 2.32. The smallest absolute Gasteiger partial charge is 0.162 e. The number of benzene rings is 2. The Morgan fingerprint density at radius 2 is 1.70 bits per heavy atom. The van der Waals surface area contributed by atoms with Gasteiger partial charge in [-0.3, -0.25) is 0 Å². The summed E-state index contributed by atoms with van der Waals surface area (Å²) in [5.74, 6) is -2.23. The first kappa shape index (κ1) is 14.4. The molecule has 20 heavy (non-hydrogen) atoms. The van der Waals surface area contributed by atoms with Gasteiger partial charge in [0.25, 0.3) is 0 Å². The summed E-state index contributed by atoms with van der Waals surface area (Å²) < 4.78 is 44.9. The van der Waals surface area contributed by atoms with E-state index in [-0.39, 0.29) is 17.1 Å². The number of ether oxygens (including phenoxy) is 1. The molecule has 5 heteroatoms. The van der Waals surface area contributed by atoms with Gasteiger partial charge in [0, 0.05) is 11.6 Å². The molecule has 106 valence electrons. The minimum atomic E-state index is -1.04. The summed E-state index contributed by atoms with van der Waals surface area (Å²) in [5, 5.41) is 9.62. The number of aliphatic hydroxyl groups is 1. The predicted molar refractivity (Wildman–Crippen MR) is 68.2 cm³/mol. The van der Waals surface area contributed by atoms with Crippen LogP contribution in [-0.2, 0) is 0 Å². The predicted octanol–water partition coefficient (Wildman–Crippen LogP) is 4.26. The third-order valence-electron chi connectivity index (χ3n) is 2.86. The fourth-order valence-electron chi connectivity index (χ4n) is 1.75. The minimum Gasteiger partial charge on any atom is -0.457 e. The van der Waals surface area contributed by atoms with E-state index in [2.05, 4.69) is 0 Å². The van der Waals surface area contributed by atoms with Gasteiger partial charge in [-0.15, -0.1) is 0 Å². The molecule has 0 saturated carbocycles. The highest BCUT2D eigenvalue weighted by molar-refractivity contribution is 5.42. The van der Waals surface area contributed by atoms with Crippen LogP contribution in [0, 0.1) is 24.4 Å². The zero-order valence-electron chi connectivity index (χ0n) is 11.0. The molecular formula is C15H13F3O2. The lowest BCUT2D eigenvalue weighted by atomic mass is 10.1. The summed E-state index contributed by atoms with van der Waals surface area (Å²) in [4.78, 5) is 0. The van der Waals surface area contributed by atoms with Crippen molar-refractivity contribution in [2.24, 2.45) is 0 Å². The van der Waals surface area contributed by atoms with Crippen LogP contribution < -0.4 is 4.74 Å². The zero-order valence-corrected chi connectivity index (χ0v) is 11.0. The average molecular weight is 282 g/mol. The van der Waals surface area contributed by atoms with E-state index >= 15 is 0 Å². The van der Waals surface area contributed by atoms with Gasteiger partial charge >= 0.3 is 0 Å². The second-order valence-corrected chi connectivity index (χ2v) is 4.49. The fourth-order valence-corrected chi connectivity index (χ4v) is 1.75. The fraction of sp³-hybridized carbons (Fsp3) is 0.200. The summed E-state index contributed by atoms with van der Waals surface area (Å²) in [7, 11) is 0. The van der Waals surface area contributed by atoms with E-state index in [9.17, 15) is 18.3 Å². The van der Waals surface area contributed by atoms with Crippen LogP contribution in [0.5, 0.6) is 11.5 Å². The first-order valence-electron chi connectivity index (χ1n) is 5.99. The normalized spacial score (nSPS) is 12.3. The third-order valence-corrected chi connectivity index (χ3v) is 2.86. The quantitative estimate of drug-likeness (QED) is 0.911. The molecule has 0 aromatic heterocycles. The number of hydrogen-bond donors (Lipinski definition) is 1. The second-order valence-electron chi connectivity index (χ2n) is 4.49. The number of aliphatic hydroxyl groups excluding tert-OH is 1. The molecule has 0 bridgehead atoms. The molecule has 0 unspecified atom stereocenters. The van der Waals surface area contributed by atoms with Crippen molar-refractivity contribution in [3.63, 3.8) is 0 Å². The lowest BCUT2D eigenvalue weighted by Crippen LogP contribution is -1.99. The Morgan fingerprint density at radius 3 is 2.30 bits per heavy atom. The van der Waals surface area contributed by atoms with Gasteiger partial charge in [-0.2, -0.15) is 0 Å². The van der Waals surface area contributed by atoms with Gasteiger partial charge in [0.15, 0.2) is 11.6 Å². The molecule has 1 N–H and O–H groups in total. The summed E-state index contributed by atoms with van der Waals surface area (Å²) in [5.41, 5.74) is 0.560. The van der Waals surface area contributed by atoms with E-state index in [1.807, 2.05) is 0 Å². The minimum absolute atomic E-state index is 0.0665. The molecule has 0 spiro atoms. The standard InChI is InChI=1S/C15H13F3O2/c1-8-5-15(11(9(2)19)7-13(8)17)20-10-3-4-12(16)14(18)6-10/h3-7,9,19H,1-2H3/t9-/m1/s1. The topological polar surface area (TPSA) is 29.5 Å². The molecule has 0 aliphatic heterocycles. The van der Waals surface area contributed by atoms with Crippen molar-refractivity contribution >= 4 is 0 Å². The largest absolute Gasteiger partial charge is 0.457 e. The molecular weight excluding hydrogens is 269 g/mol. The average Bonchev–Trinajstić information content (AvgIpc) is 2.37. The van der Waals surface area contributed by atoms with E-state index < -0.39 is 23.6 Å². The van der Waals surface area contributed by atoms with Crippen molar-refractivity contribution in [2.75, 3.05) is 0 Å². The molecule has 1 atom stereocenters. The van der Waals surface area contributed by atoms with Gasteiger partial charge < -0.3 is 9.84 Å². The van der Waals surface area contributed by atoms with Crippen LogP contribution >= 0.6 is 0 Å². The number of hydrogen-bond acceptors (Lipinski definition) is 2. The monoisotopic (exact) mass is 282 g/mol. The lowest BCUT2D eigenvalue weighted by molar-refractivity contribution is 0.195. The van der Waals surface area contributed by atoms with Gasteiger partial charge in [0.05, 0.1) is 6.10 Å². The Hall–Kier alpha value is -2.01. The van der Waals surface area contributed by atoms with Gasteiger partial charge in [-0.1, -0.05) is 0 Å². The molecule has 2 rings (SSSR count). The summed E-state index contributed by atoms with van der Waals surface area (Å²) >= 11 is 0. The van der Waals surface area contributed by atoms with Gasteiger partial charge in [0.2, 0.25) is 0 Å². The van der Waals surface area contributed by atoms with Crippen molar-refractivity contribution in [2.45, 2.75) is 20.0 Å². The maximum absolute atomic E-state index is 13.5. The van der Waals surface area contributed by atoms with Crippen molar-refractivity contribution in [1.29, 1.82) is 0 Å². The highest BCUT2D eigenvalue weighted by atomic mass is 19.2. The van der Waals surface area contributed by atoms with E-state index in [4.69, 9.17) is 4.74 Å². The Morgan fingerprint density at radius 1 is 1.00 bits per heavy atom. The first-order valence-corrected chi connectivity index (χ1v) is 5.99. The van der Waals surface area contributed by atoms with Crippen LogP contribution in [0.1, 0.15) is 24.2 Å². The van der Waals surface area contributed by atoms with Crippen molar-refractivity contribution in [3.05, 3.63) is 58.9 Å².